The molecule has 0 unspecified atom stereocenters. The number of thiophene rings is 1. The van der Waals surface area contributed by atoms with Crippen molar-refractivity contribution in [1.82, 2.24) is 19.0 Å². The lowest BCUT2D eigenvalue weighted by molar-refractivity contribution is 0.0688. The number of carbonyl (C=O) groups excluding carboxylic acids is 1. The van der Waals surface area contributed by atoms with Crippen molar-refractivity contribution in [3.8, 4) is 11.6 Å². The van der Waals surface area contributed by atoms with Crippen LogP contribution in [0, 0.1) is 6.92 Å². The number of carboxylic acids is 1. The predicted octanol–water partition coefficient (Wildman–Crippen LogP) is 2.47. The summed E-state index contributed by atoms with van der Waals surface area (Å²) in [6, 6.07) is 7.76. The van der Waals surface area contributed by atoms with Crippen LogP contribution in [-0.2, 0) is 17.1 Å². The lowest BCUT2D eigenvalue weighted by Gasteiger charge is -2.32. The quantitative estimate of drug-likeness (QED) is 0.486. The summed E-state index contributed by atoms with van der Waals surface area (Å²) in [5.41, 5.74) is 0.361. The van der Waals surface area contributed by atoms with Gasteiger partial charge in [0.05, 0.1) is 4.88 Å². The third kappa shape index (κ3) is 5.07. The van der Waals surface area contributed by atoms with Crippen LogP contribution in [0.1, 0.15) is 25.7 Å². The van der Waals surface area contributed by atoms with Gasteiger partial charge in [-0.1, -0.05) is 6.07 Å². The van der Waals surface area contributed by atoms with Crippen LogP contribution in [0.2, 0.25) is 0 Å². The van der Waals surface area contributed by atoms with E-state index >= 15 is 0 Å². The third-order valence-electron chi connectivity index (χ3n) is 5.66. The molecule has 1 aromatic carbocycles. The maximum absolute atomic E-state index is 13.7. The second-order valence-corrected chi connectivity index (χ2v) is 11.0. The van der Waals surface area contributed by atoms with Crippen LogP contribution in [0.25, 0.3) is 0 Å². The van der Waals surface area contributed by atoms with Crippen molar-refractivity contribution < 1.29 is 27.9 Å². The average molecular weight is 520 g/mol. The number of rotatable bonds is 7. The number of nitrogens with zero attached hydrogens (tertiary/aromatic N) is 4. The second-order valence-electron chi connectivity index (χ2n) is 8.11. The summed E-state index contributed by atoms with van der Waals surface area (Å²) in [6.45, 7) is 3.30. The molecule has 1 aliphatic heterocycles. The van der Waals surface area contributed by atoms with Gasteiger partial charge in [-0.3, -0.25) is 4.79 Å². The zero-order valence-electron chi connectivity index (χ0n) is 19.4. The van der Waals surface area contributed by atoms with Crippen LogP contribution in [0.4, 0.5) is 5.69 Å². The number of hydrogen-bond acceptors (Lipinski definition) is 8. The Bertz CT molecular complexity index is 1360. The molecule has 0 aliphatic carbocycles. The largest absolute Gasteiger partial charge is 0.476 e. The molecule has 1 fully saturated rings. The zero-order valence-corrected chi connectivity index (χ0v) is 21.0. The van der Waals surface area contributed by atoms with Gasteiger partial charge in [0.2, 0.25) is 15.9 Å². The molecule has 13 heteroatoms. The van der Waals surface area contributed by atoms with E-state index in [0.29, 0.717) is 31.1 Å². The van der Waals surface area contributed by atoms with E-state index in [4.69, 9.17) is 4.74 Å². The van der Waals surface area contributed by atoms with E-state index in [0.717, 1.165) is 0 Å². The van der Waals surface area contributed by atoms with Gasteiger partial charge in [-0.2, -0.15) is 9.40 Å². The van der Waals surface area contributed by atoms with Crippen LogP contribution in [0.15, 0.2) is 40.6 Å². The number of carbonyl (C=O) groups is 2. The highest BCUT2D eigenvalue weighted by Crippen LogP contribution is 2.35. The number of likely N-dealkylation sites (N-methyl/N-ethyl adjacent to an activating group) is 1. The molecule has 1 amide bonds. The van der Waals surface area contributed by atoms with Gasteiger partial charge >= 0.3 is 5.97 Å². The zero-order chi connectivity index (χ0) is 25.3. The number of amides is 1. The molecule has 3 heterocycles. The summed E-state index contributed by atoms with van der Waals surface area (Å²) >= 11 is 1.27. The minimum Gasteiger partial charge on any atom is -0.476 e. The second kappa shape index (κ2) is 9.77. The molecular formula is C22H25N5O6S2. The molecule has 0 spiro atoms. The highest BCUT2D eigenvalue weighted by molar-refractivity contribution is 7.89. The standard InChI is InChI=1S/C22H25N5O6S2/c1-14-19(22(29)30)24-26(3)21(14)33-16-7-6-15(23-20(28)17-5-4-12-34-17)13-18(16)35(31,32)27-10-8-25(2)9-11-27/h4-7,12-13H,8-11H2,1-3H3,(H,23,28)(H,29,30). The molecule has 1 saturated heterocycles. The summed E-state index contributed by atoms with van der Waals surface area (Å²) in [4.78, 5) is 26.4. The Morgan fingerprint density at radius 2 is 1.86 bits per heavy atom. The van der Waals surface area contributed by atoms with Gasteiger partial charge in [0.15, 0.2) is 5.69 Å². The Labute approximate surface area is 206 Å². The Morgan fingerprint density at radius 1 is 1.14 bits per heavy atom. The fourth-order valence-corrected chi connectivity index (χ4v) is 5.89. The molecule has 186 valence electrons. The van der Waals surface area contributed by atoms with Crippen molar-refractivity contribution in [3.63, 3.8) is 0 Å². The molecule has 0 bridgehead atoms. The lowest BCUT2D eigenvalue weighted by Crippen LogP contribution is -2.47. The highest BCUT2D eigenvalue weighted by Gasteiger charge is 2.32. The van der Waals surface area contributed by atoms with Gasteiger partial charge in [-0.15, -0.1) is 11.3 Å². The van der Waals surface area contributed by atoms with E-state index in [2.05, 4.69) is 10.4 Å². The number of anilines is 1. The van der Waals surface area contributed by atoms with Crippen molar-refractivity contribution in [2.45, 2.75) is 11.8 Å². The number of benzene rings is 1. The number of aromatic carboxylic acids is 1. The molecule has 2 aromatic heterocycles. The maximum Gasteiger partial charge on any atom is 0.356 e. The van der Waals surface area contributed by atoms with Gasteiger partial charge in [0.25, 0.3) is 5.91 Å². The van der Waals surface area contributed by atoms with Crippen LogP contribution in [0.3, 0.4) is 0 Å². The molecular weight excluding hydrogens is 494 g/mol. The Balaban J connectivity index is 1.74. The molecule has 0 radical (unpaired) electrons. The highest BCUT2D eigenvalue weighted by atomic mass is 32.2. The van der Waals surface area contributed by atoms with E-state index in [1.165, 1.54) is 52.5 Å². The Kier molecular flexibility index (Phi) is 6.94. The Morgan fingerprint density at radius 3 is 2.46 bits per heavy atom. The molecule has 3 aromatic rings. The molecule has 35 heavy (non-hydrogen) atoms. The molecule has 4 rings (SSSR count). The Hall–Kier alpha value is -3.26. The van der Waals surface area contributed by atoms with Gasteiger partial charge in [0.1, 0.15) is 10.6 Å². The van der Waals surface area contributed by atoms with Crippen molar-refractivity contribution >= 4 is 38.9 Å². The third-order valence-corrected chi connectivity index (χ3v) is 8.44. The minimum absolute atomic E-state index is 0.00101. The van der Waals surface area contributed by atoms with E-state index in [1.807, 2.05) is 11.9 Å². The molecule has 1 aliphatic rings. The van der Waals surface area contributed by atoms with Crippen molar-refractivity contribution in [2.24, 2.45) is 7.05 Å². The number of aromatic nitrogens is 2. The predicted molar refractivity (Wildman–Crippen MR) is 130 cm³/mol. The summed E-state index contributed by atoms with van der Waals surface area (Å²) in [7, 11) is -0.563. The van der Waals surface area contributed by atoms with Crippen LogP contribution < -0.4 is 10.1 Å². The fourth-order valence-electron chi connectivity index (χ4n) is 3.70. The molecule has 0 saturated carbocycles. The maximum atomic E-state index is 13.7. The van der Waals surface area contributed by atoms with Gasteiger partial charge in [-0.25, -0.2) is 17.9 Å². The van der Waals surface area contributed by atoms with Crippen molar-refractivity contribution in [2.75, 3.05) is 38.5 Å². The summed E-state index contributed by atoms with van der Waals surface area (Å²) in [5, 5.41) is 17.8. The normalized spacial score (nSPS) is 15.2. The number of carboxylic acid groups (broad SMARTS) is 1. The van der Waals surface area contributed by atoms with Crippen LogP contribution in [-0.4, -0.2) is 77.6 Å². The number of hydrogen-bond donors (Lipinski definition) is 2. The molecule has 2 N–H and O–H groups in total. The van der Waals surface area contributed by atoms with Crippen molar-refractivity contribution in [3.05, 3.63) is 51.8 Å². The summed E-state index contributed by atoms with van der Waals surface area (Å²) in [5.74, 6) is -1.47. The SMILES string of the molecule is Cc1c(C(=O)O)nn(C)c1Oc1ccc(NC(=O)c2cccs2)cc1S(=O)(=O)N1CCN(C)CC1. The summed E-state index contributed by atoms with van der Waals surface area (Å²) < 4.78 is 35.9. The average Bonchev–Trinajstić information content (AvgIpc) is 3.45. The van der Waals surface area contributed by atoms with Crippen LogP contribution >= 0.6 is 11.3 Å². The molecule has 0 atom stereocenters. The number of nitrogens with one attached hydrogen (secondary N) is 1. The number of piperazine rings is 1. The topological polar surface area (TPSA) is 134 Å². The van der Waals surface area contributed by atoms with Crippen LogP contribution in [0.5, 0.6) is 11.6 Å². The number of sulfonamides is 1. The van der Waals surface area contributed by atoms with Gasteiger partial charge < -0.3 is 20.1 Å². The van der Waals surface area contributed by atoms with E-state index in [1.54, 1.807) is 17.5 Å². The summed E-state index contributed by atoms with van der Waals surface area (Å²) in [6.07, 6.45) is 0. The first-order chi connectivity index (χ1) is 16.6. The van der Waals surface area contributed by atoms with Crippen molar-refractivity contribution in [1.29, 1.82) is 0 Å². The smallest absolute Gasteiger partial charge is 0.356 e. The first kappa shape index (κ1) is 24.9. The van der Waals surface area contributed by atoms with Gasteiger partial charge in [0, 0.05) is 44.5 Å². The number of ether oxygens (including phenoxy) is 1. The number of aryl methyl sites for hydroxylation is 1. The fraction of sp³-hybridized carbons (Fsp3) is 0.318. The first-order valence-corrected chi connectivity index (χ1v) is 13.0. The minimum atomic E-state index is -4.00. The van der Waals surface area contributed by atoms with E-state index < -0.39 is 16.0 Å². The first-order valence-electron chi connectivity index (χ1n) is 10.7. The lowest BCUT2D eigenvalue weighted by atomic mass is 10.2. The van der Waals surface area contributed by atoms with Gasteiger partial charge in [-0.05, 0) is 43.6 Å². The van der Waals surface area contributed by atoms with E-state index in [9.17, 15) is 23.1 Å². The molecule has 11 nitrogen and oxygen atoms in total. The van der Waals surface area contributed by atoms with E-state index in [-0.39, 0.29) is 39.4 Å². The monoisotopic (exact) mass is 519 g/mol.